The number of hydrogen-bond donors (Lipinski definition) is 2. The minimum absolute atomic E-state index is 0.236. The number of carboxylic acid groups (broad SMARTS) is 1. The number of aromatic amines is 1. The molecule has 2 aromatic rings. The first-order valence-electron chi connectivity index (χ1n) is 9.19. The quantitative estimate of drug-likeness (QED) is 0.799. The van der Waals surface area contributed by atoms with Gasteiger partial charge in [0, 0.05) is 25.7 Å². The number of carbonyl (C=O) groups excluding carboxylic acids is 1. The van der Waals surface area contributed by atoms with Gasteiger partial charge in [-0.25, -0.2) is 4.79 Å². The molecule has 0 saturated carbocycles. The summed E-state index contributed by atoms with van der Waals surface area (Å²) in [6.07, 6.45) is 8.99. The number of aromatic nitrogens is 2. The second kappa shape index (κ2) is 8.65. The Hall–Kier alpha value is -2.63. The third-order valence-corrected chi connectivity index (χ3v) is 5.01. The van der Waals surface area contributed by atoms with E-state index in [4.69, 9.17) is 5.11 Å². The van der Waals surface area contributed by atoms with Gasteiger partial charge < -0.3 is 10.0 Å². The van der Waals surface area contributed by atoms with Crippen molar-refractivity contribution in [2.75, 3.05) is 13.1 Å². The minimum atomic E-state index is -0.901. The van der Waals surface area contributed by atoms with Gasteiger partial charge in [0.15, 0.2) is 0 Å². The maximum absolute atomic E-state index is 12.5. The molecule has 138 valence electrons. The van der Waals surface area contributed by atoms with Crippen molar-refractivity contribution in [2.24, 2.45) is 5.92 Å². The standard InChI is InChI=1S/C20H25N3O3/c24-19(5-1-3-17-12-21-22-13-17)23-10-2-4-16(14-23)11-15-6-8-18(9-7-15)20(25)26/h6-9,12-13,16H,1-5,10-11,14H2,(H,21,22)(H,25,26)/t16-/m1/s1. The Bertz CT molecular complexity index is 725. The number of piperidine rings is 1. The van der Waals surface area contributed by atoms with Gasteiger partial charge in [0.1, 0.15) is 0 Å². The van der Waals surface area contributed by atoms with Crippen LogP contribution in [0.3, 0.4) is 0 Å². The molecule has 3 rings (SSSR count). The molecule has 0 unspecified atom stereocenters. The second-order valence-electron chi connectivity index (χ2n) is 7.01. The Balaban J connectivity index is 1.47. The number of amides is 1. The van der Waals surface area contributed by atoms with Crippen molar-refractivity contribution in [3.05, 3.63) is 53.3 Å². The van der Waals surface area contributed by atoms with Crippen LogP contribution in [-0.4, -0.2) is 45.2 Å². The zero-order chi connectivity index (χ0) is 18.4. The predicted octanol–water partition coefficient (Wildman–Crippen LogP) is 2.91. The Morgan fingerprint density at radius 3 is 2.73 bits per heavy atom. The van der Waals surface area contributed by atoms with Crippen molar-refractivity contribution < 1.29 is 14.7 Å². The number of aromatic carboxylic acids is 1. The summed E-state index contributed by atoms with van der Waals surface area (Å²) in [5.74, 6) is -0.224. The largest absolute Gasteiger partial charge is 0.478 e. The Morgan fingerprint density at radius 2 is 2.04 bits per heavy atom. The van der Waals surface area contributed by atoms with Crippen LogP contribution < -0.4 is 0 Å². The Morgan fingerprint density at radius 1 is 1.23 bits per heavy atom. The highest BCUT2D eigenvalue weighted by Gasteiger charge is 2.23. The van der Waals surface area contributed by atoms with Crippen molar-refractivity contribution in [1.29, 1.82) is 0 Å². The first-order chi connectivity index (χ1) is 12.6. The molecule has 0 aliphatic carbocycles. The van der Waals surface area contributed by atoms with Gasteiger partial charge in [0.25, 0.3) is 0 Å². The van der Waals surface area contributed by atoms with E-state index in [2.05, 4.69) is 10.2 Å². The SMILES string of the molecule is O=C(O)c1ccc(C[C@H]2CCCN(C(=O)CCCc3cn[nH]c3)C2)cc1. The van der Waals surface area contributed by atoms with Gasteiger partial charge >= 0.3 is 5.97 Å². The fraction of sp³-hybridized carbons (Fsp3) is 0.450. The van der Waals surface area contributed by atoms with Crippen molar-refractivity contribution >= 4 is 11.9 Å². The van der Waals surface area contributed by atoms with E-state index in [1.807, 2.05) is 23.2 Å². The van der Waals surface area contributed by atoms with Crippen LogP contribution in [0.15, 0.2) is 36.7 Å². The monoisotopic (exact) mass is 355 g/mol. The first-order valence-corrected chi connectivity index (χ1v) is 9.19. The van der Waals surface area contributed by atoms with Gasteiger partial charge in [-0.1, -0.05) is 12.1 Å². The fourth-order valence-corrected chi connectivity index (χ4v) is 3.59. The third-order valence-electron chi connectivity index (χ3n) is 5.01. The molecule has 6 nitrogen and oxygen atoms in total. The number of rotatable bonds is 7. The molecule has 1 aliphatic rings. The molecule has 0 radical (unpaired) electrons. The van der Waals surface area contributed by atoms with E-state index in [0.717, 1.165) is 56.3 Å². The summed E-state index contributed by atoms with van der Waals surface area (Å²) in [6, 6.07) is 7.07. The molecular formula is C20H25N3O3. The topological polar surface area (TPSA) is 86.3 Å². The molecule has 1 saturated heterocycles. The molecule has 1 atom stereocenters. The highest BCUT2D eigenvalue weighted by atomic mass is 16.4. The number of nitrogens with one attached hydrogen (secondary N) is 1. The van der Waals surface area contributed by atoms with Crippen LogP contribution in [0.4, 0.5) is 0 Å². The molecule has 1 aromatic heterocycles. The summed E-state index contributed by atoms with van der Waals surface area (Å²) < 4.78 is 0. The van der Waals surface area contributed by atoms with Gasteiger partial charge in [-0.15, -0.1) is 0 Å². The van der Waals surface area contributed by atoms with Crippen LogP contribution in [0, 0.1) is 5.92 Å². The van der Waals surface area contributed by atoms with E-state index in [1.165, 1.54) is 0 Å². The number of benzene rings is 1. The predicted molar refractivity (Wildman–Crippen MR) is 97.9 cm³/mol. The van der Waals surface area contributed by atoms with Crippen LogP contribution >= 0.6 is 0 Å². The van der Waals surface area contributed by atoms with Crippen molar-refractivity contribution in [2.45, 2.75) is 38.5 Å². The van der Waals surface area contributed by atoms with Gasteiger partial charge in [-0.3, -0.25) is 9.89 Å². The average Bonchev–Trinajstić information content (AvgIpc) is 3.16. The summed E-state index contributed by atoms with van der Waals surface area (Å²) in [7, 11) is 0. The van der Waals surface area contributed by atoms with E-state index >= 15 is 0 Å². The molecule has 2 heterocycles. The minimum Gasteiger partial charge on any atom is -0.478 e. The molecule has 6 heteroatoms. The molecule has 0 spiro atoms. The summed E-state index contributed by atoms with van der Waals surface area (Å²) in [6.45, 7) is 1.64. The normalized spacial score (nSPS) is 17.2. The number of H-pyrrole nitrogens is 1. The summed E-state index contributed by atoms with van der Waals surface area (Å²) in [4.78, 5) is 25.4. The number of carbonyl (C=O) groups is 2. The zero-order valence-electron chi connectivity index (χ0n) is 14.9. The summed E-state index contributed by atoms with van der Waals surface area (Å²) >= 11 is 0. The van der Waals surface area contributed by atoms with Crippen LogP contribution in [-0.2, 0) is 17.6 Å². The lowest BCUT2D eigenvalue weighted by molar-refractivity contribution is -0.133. The van der Waals surface area contributed by atoms with Crippen LogP contribution in [0.5, 0.6) is 0 Å². The number of carboxylic acids is 1. The number of aryl methyl sites for hydroxylation is 1. The lowest BCUT2D eigenvalue weighted by atomic mass is 9.90. The molecule has 1 fully saturated rings. The second-order valence-corrected chi connectivity index (χ2v) is 7.01. The molecule has 1 aliphatic heterocycles. The highest BCUT2D eigenvalue weighted by molar-refractivity contribution is 5.87. The Labute approximate surface area is 153 Å². The smallest absolute Gasteiger partial charge is 0.335 e. The molecular weight excluding hydrogens is 330 g/mol. The third kappa shape index (κ3) is 4.94. The lowest BCUT2D eigenvalue weighted by Gasteiger charge is -2.33. The molecule has 0 bridgehead atoms. The number of hydrogen-bond acceptors (Lipinski definition) is 3. The highest BCUT2D eigenvalue weighted by Crippen LogP contribution is 2.22. The number of likely N-dealkylation sites (tertiary alicyclic amines) is 1. The number of nitrogens with zero attached hydrogens (tertiary/aromatic N) is 2. The van der Waals surface area contributed by atoms with Crippen LogP contribution in [0.1, 0.15) is 47.2 Å². The van der Waals surface area contributed by atoms with Gasteiger partial charge in [0.2, 0.25) is 5.91 Å². The van der Waals surface area contributed by atoms with Crippen molar-refractivity contribution in [3.8, 4) is 0 Å². The van der Waals surface area contributed by atoms with E-state index in [1.54, 1.807) is 18.3 Å². The van der Waals surface area contributed by atoms with Crippen LogP contribution in [0.25, 0.3) is 0 Å². The van der Waals surface area contributed by atoms with E-state index in [0.29, 0.717) is 17.9 Å². The maximum Gasteiger partial charge on any atom is 0.335 e. The Kier molecular flexibility index (Phi) is 6.04. The van der Waals surface area contributed by atoms with Crippen molar-refractivity contribution in [1.82, 2.24) is 15.1 Å². The van der Waals surface area contributed by atoms with Crippen LogP contribution in [0.2, 0.25) is 0 Å². The van der Waals surface area contributed by atoms with E-state index in [-0.39, 0.29) is 5.91 Å². The van der Waals surface area contributed by atoms with E-state index in [9.17, 15) is 9.59 Å². The lowest BCUT2D eigenvalue weighted by Crippen LogP contribution is -2.40. The van der Waals surface area contributed by atoms with E-state index < -0.39 is 5.97 Å². The molecule has 26 heavy (non-hydrogen) atoms. The molecule has 1 aromatic carbocycles. The summed E-state index contributed by atoms with van der Waals surface area (Å²) in [5.41, 5.74) is 2.58. The first kappa shape index (κ1) is 18.2. The maximum atomic E-state index is 12.5. The van der Waals surface area contributed by atoms with Crippen molar-refractivity contribution in [3.63, 3.8) is 0 Å². The summed E-state index contributed by atoms with van der Waals surface area (Å²) in [5, 5.41) is 15.7. The molecule has 1 amide bonds. The van der Waals surface area contributed by atoms with Gasteiger partial charge in [0.05, 0.1) is 11.8 Å². The average molecular weight is 355 g/mol. The van der Waals surface area contributed by atoms with Gasteiger partial charge in [-0.05, 0) is 61.3 Å². The zero-order valence-corrected chi connectivity index (χ0v) is 14.9. The van der Waals surface area contributed by atoms with Gasteiger partial charge in [-0.2, -0.15) is 5.10 Å². The fourth-order valence-electron chi connectivity index (χ4n) is 3.59. The molecule has 2 N–H and O–H groups in total.